The molecule has 3 rings (SSSR count). The van der Waals surface area contributed by atoms with Crippen molar-refractivity contribution in [3.63, 3.8) is 0 Å². The maximum absolute atomic E-state index is 6.51. The maximum Gasteiger partial charge on any atom is 0.0453 e. The molecule has 0 unspecified atom stereocenters. The molecule has 0 bridgehead atoms. The van der Waals surface area contributed by atoms with Gasteiger partial charge in [-0.25, -0.2) is 0 Å². The van der Waals surface area contributed by atoms with Crippen LogP contribution in [0.2, 0.25) is 0 Å². The van der Waals surface area contributed by atoms with Gasteiger partial charge in [0.1, 0.15) is 0 Å². The molecule has 0 radical (unpaired) electrons. The number of piperidine rings is 1. The Morgan fingerprint density at radius 1 is 1.41 bits per heavy atom. The SMILES string of the molecule is CC(C)N1CCC2(CC1)Cc1ccsc1[C@H]2N. The molecule has 1 spiro atoms. The molecule has 1 aromatic rings. The van der Waals surface area contributed by atoms with E-state index in [0.29, 0.717) is 17.5 Å². The zero-order valence-electron chi connectivity index (χ0n) is 10.8. The summed E-state index contributed by atoms with van der Waals surface area (Å²) in [7, 11) is 0. The summed E-state index contributed by atoms with van der Waals surface area (Å²) in [5, 5.41) is 2.20. The molecule has 94 valence electrons. The van der Waals surface area contributed by atoms with Gasteiger partial charge in [0.05, 0.1) is 0 Å². The van der Waals surface area contributed by atoms with Gasteiger partial charge in [0.15, 0.2) is 0 Å². The first kappa shape index (κ1) is 11.7. The zero-order valence-corrected chi connectivity index (χ0v) is 11.6. The van der Waals surface area contributed by atoms with Gasteiger partial charge >= 0.3 is 0 Å². The number of hydrogen-bond donors (Lipinski definition) is 1. The molecule has 2 nitrogen and oxygen atoms in total. The van der Waals surface area contributed by atoms with E-state index >= 15 is 0 Å². The smallest absolute Gasteiger partial charge is 0.0453 e. The van der Waals surface area contributed by atoms with Crippen molar-refractivity contribution in [2.24, 2.45) is 11.1 Å². The third-order valence-electron chi connectivity index (χ3n) is 4.79. The Morgan fingerprint density at radius 3 is 2.71 bits per heavy atom. The summed E-state index contributed by atoms with van der Waals surface area (Å²) in [4.78, 5) is 4.05. The van der Waals surface area contributed by atoms with Gasteiger partial charge in [0, 0.05) is 17.0 Å². The van der Waals surface area contributed by atoms with Crippen molar-refractivity contribution in [2.75, 3.05) is 13.1 Å². The first-order chi connectivity index (χ1) is 8.12. The predicted molar refractivity (Wildman–Crippen MR) is 73.3 cm³/mol. The van der Waals surface area contributed by atoms with Crippen molar-refractivity contribution in [1.29, 1.82) is 0 Å². The molecular weight excluding hydrogens is 228 g/mol. The van der Waals surface area contributed by atoms with Crippen LogP contribution in [0.4, 0.5) is 0 Å². The summed E-state index contributed by atoms with van der Waals surface area (Å²) in [6.07, 6.45) is 3.76. The predicted octanol–water partition coefficient (Wildman–Crippen LogP) is 2.79. The standard InChI is InChI=1S/C14H22N2S/c1-10(2)16-6-4-14(5-7-16)9-11-3-8-17-12(11)13(14)15/h3,8,10,13H,4-7,9,15H2,1-2H3/t13-/m1/s1. The summed E-state index contributed by atoms with van der Waals surface area (Å²) in [6, 6.07) is 3.26. The molecule has 2 N–H and O–H groups in total. The van der Waals surface area contributed by atoms with Crippen molar-refractivity contribution in [3.05, 3.63) is 21.9 Å². The number of fused-ring (bicyclic) bond motifs is 1. The van der Waals surface area contributed by atoms with Crippen LogP contribution in [0.3, 0.4) is 0 Å². The number of rotatable bonds is 1. The first-order valence-corrected chi connectivity index (χ1v) is 7.56. The lowest BCUT2D eigenvalue weighted by molar-refractivity contribution is 0.0715. The largest absolute Gasteiger partial charge is 0.323 e. The fourth-order valence-corrected chi connectivity index (χ4v) is 4.57. The zero-order chi connectivity index (χ0) is 12.0. The summed E-state index contributed by atoms with van der Waals surface area (Å²) < 4.78 is 0. The third-order valence-corrected chi connectivity index (χ3v) is 5.83. The summed E-state index contributed by atoms with van der Waals surface area (Å²) >= 11 is 1.86. The molecule has 1 saturated heterocycles. The molecule has 0 amide bonds. The van der Waals surface area contributed by atoms with Crippen LogP contribution in [-0.2, 0) is 6.42 Å². The first-order valence-electron chi connectivity index (χ1n) is 6.68. The Morgan fingerprint density at radius 2 is 2.12 bits per heavy atom. The van der Waals surface area contributed by atoms with E-state index in [0.717, 1.165) is 0 Å². The van der Waals surface area contributed by atoms with E-state index in [9.17, 15) is 0 Å². The van der Waals surface area contributed by atoms with Gasteiger partial charge < -0.3 is 10.6 Å². The number of nitrogens with zero attached hydrogens (tertiary/aromatic N) is 1. The Kier molecular flexibility index (Phi) is 2.80. The van der Waals surface area contributed by atoms with Crippen molar-refractivity contribution < 1.29 is 0 Å². The molecular formula is C14H22N2S. The van der Waals surface area contributed by atoms with Crippen molar-refractivity contribution >= 4 is 11.3 Å². The average molecular weight is 250 g/mol. The van der Waals surface area contributed by atoms with Gasteiger partial charge in [-0.15, -0.1) is 11.3 Å². The average Bonchev–Trinajstić information content (AvgIpc) is 2.84. The lowest BCUT2D eigenvalue weighted by atomic mass is 9.73. The van der Waals surface area contributed by atoms with E-state index in [1.54, 1.807) is 0 Å². The summed E-state index contributed by atoms with van der Waals surface area (Å²) in [5.74, 6) is 0. The van der Waals surface area contributed by atoms with Gasteiger partial charge in [-0.05, 0) is 68.6 Å². The molecule has 1 fully saturated rings. The Bertz CT molecular complexity index is 402. The van der Waals surface area contributed by atoms with Crippen molar-refractivity contribution in [1.82, 2.24) is 4.90 Å². The lowest BCUT2D eigenvalue weighted by Crippen LogP contribution is -2.46. The minimum atomic E-state index is 0.298. The maximum atomic E-state index is 6.51. The monoisotopic (exact) mass is 250 g/mol. The van der Waals surface area contributed by atoms with Crippen molar-refractivity contribution in [3.8, 4) is 0 Å². The van der Waals surface area contributed by atoms with Crippen LogP contribution in [0.15, 0.2) is 11.4 Å². The number of thiophene rings is 1. The highest BCUT2D eigenvalue weighted by Crippen LogP contribution is 2.52. The minimum Gasteiger partial charge on any atom is -0.323 e. The van der Waals surface area contributed by atoms with Gasteiger partial charge in [-0.2, -0.15) is 0 Å². The second kappa shape index (κ2) is 4.08. The Balaban J connectivity index is 1.76. The van der Waals surface area contributed by atoms with E-state index in [1.165, 1.54) is 42.8 Å². The number of likely N-dealkylation sites (tertiary alicyclic amines) is 1. The molecule has 3 heteroatoms. The fraction of sp³-hybridized carbons (Fsp3) is 0.714. The van der Waals surface area contributed by atoms with Crippen LogP contribution >= 0.6 is 11.3 Å². The molecule has 1 atom stereocenters. The van der Waals surface area contributed by atoms with Gasteiger partial charge in [-0.3, -0.25) is 0 Å². The highest BCUT2D eigenvalue weighted by Gasteiger charge is 2.46. The molecule has 0 aromatic carbocycles. The van der Waals surface area contributed by atoms with Crippen LogP contribution in [0.25, 0.3) is 0 Å². The van der Waals surface area contributed by atoms with Crippen LogP contribution in [0, 0.1) is 5.41 Å². The van der Waals surface area contributed by atoms with E-state index in [1.807, 2.05) is 11.3 Å². The van der Waals surface area contributed by atoms with E-state index in [-0.39, 0.29) is 0 Å². The fourth-order valence-electron chi connectivity index (χ4n) is 3.51. The molecule has 0 saturated carbocycles. The molecule has 2 heterocycles. The highest BCUT2D eigenvalue weighted by atomic mass is 32.1. The second-order valence-electron chi connectivity index (χ2n) is 5.96. The van der Waals surface area contributed by atoms with Crippen LogP contribution < -0.4 is 5.73 Å². The number of nitrogens with two attached hydrogens (primary N) is 1. The number of hydrogen-bond acceptors (Lipinski definition) is 3. The normalized spacial score (nSPS) is 27.9. The van der Waals surface area contributed by atoms with Gasteiger partial charge in [-0.1, -0.05) is 0 Å². The van der Waals surface area contributed by atoms with Crippen molar-refractivity contribution in [2.45, 2.75) is 45.2 Å². The Hall–Kier alpha value is -0.380. The van der Waals surface area contributed by atoms with Gasteiger partial charge in [0.2, 0.25) is 0 Å². The lowest BCUT2D eigenvalue weighted by Gasteiger charge is -2.43. The summed E-state index contributed by atoms with van der Waals surface area (Å²) in [6.45, 7) is 7.04. The molecule has 17 heavy (non-hydrogen) atoms. The molecule has 2 aliphatic rings. The Labute approximate surface area is 108 Å². The molecule has 1 aromatic heterocycles. The van der Waals surface area contributed by atoms with E-state index in [2.05, 4.69) is 30.2 Å². The highest BCUT2D eigenvalue weighted by molar-refractivity contribution is 7.10. The third kappa shape index (κ3) is 1.76. The molecule has 1 aliphatic heterocycles. The molecule has 1 aliphatic carbocycles. The topological polar surface area (TPSA) is 29.3 Å². The second-order valence-corrected chi connectivity index (χ2v) is 6.90. The van der Waals surface area contributed by atoms with E-state index in [4.69, 9.17) is 5.73 Å². The van der Waals surface area contributed by atoms with Crippen LogP contribution in [0.1, 0.15) is 43.2 Å². The summed E-state index contributed by atoms with van der Waals surface area (Å²) in [5.41, 5.74) is 8.42. The van der Waals surface area contributed by atoms with Gasteiger partial charge in [0.25, 0.3) is 0 Å². The van der Waals surface area contributed by atoms with Crippen LogP contribution in [0.5, 0.6) is 0 Å². The minimum absolute atomic E-state index is 0.298. The van der Waals surface area contributed by atoms with E-state index < -0.39 is 0 Å². The quantitative estimate of drug-likeness (QED) is 0.830. The van der Waals surface area contributed by atoms with Crippen LogP contribution in [-0.4, -0.2) is 24.0 Å².